The normalized spacial score (nSPS) is 28.0. The number of epoxide rings is 1. The molecule has 0 spiro atoms. The Morgan fingerprint density at radius 1 is 0.944 bits per heavy atom. The van der Waals surface area contributed by atoms with Crippen molar-refractivity contribution >= 4 is 5.78 Å². The van der Waals surface area contributed by atoms with Crippen LogP contribution >= 0.6 is 0 Å². The first-order valence-electron chi connectivity index (χ1n) is 5.86. The summed E-state index contributed by atoms with van der Waals surface area (Å²) in [6.07, 6.45) is -0.484. The van der Waals surface area contributed by atoms with Crippen molar-refractivity contribution in [3.63, 3.8) is 0 Å². The Labute approximate surface area is 104 Å². The van der Waals surface area contributed by atoms with E-state index in [2.05, 4.69) is 0 Å². The van der Waals surface area contributed by atoms with Crippen LogP contribution in [-0.2, 0) is 10.3 Å². The number of rotatable bonds is 1. The van der Waals surface area contributed by atoms with Crippen LogP contribution in [0.4, 0.5) is 0 Å². The van der Waals surface area contributed by atoms with Crippen LogP contribution in [-0.4, -0.2) is 12.1 Å². The second-order valence-electron chi connectivity index (χ2n) is 4.49. The van der Waals surface area contributed by atoms with Crippen LogP contribution in [0.5, 0.6) is 5.75 Å². The summed E-state index contributed by atoms with van der Waals surface area (Å²) in [6.45, 7) is 0. The van der Waals surface area contributed by atoms with Crippen molar-refractivity contribution in [3.05, 3.63) is 65.7 Å². The number of ketones is 1. The largest absolute Gasteiger partial charge is 0.460 e. The van der Waals surface area contributed by atoms with Gasteiger partial charge in [0.2, 0.25) is 17.7 Å². The van der Waals surface area contributed by atoms with Gasteiger partial charge < -0.3 is 9.47 Å². The fourth-order valence-corrected chi connectivity index (χ4v) is 2.50. The number of fused-ring (bicyclic) bond motifs is 2. The van der Waals surface area contributed by atoms with Gasteiger partial charge >= 0.3 is 0 Å². The molecule has 2 aliphatic rings. The fourth-order valence-electron chi connectivity index (χ4n) is 2.50. The Balaban J connectivity index is 1.87. The molecule has 0 N–H and O–H groups in total. The summed E-state index contributed by atoms with van der Waals surface area (Å²) < 4.78 is 11.3. The molecule has 0 saturated carbocycles. The minimum atomic E-state index is -0.921. The van der Waals surface area contributed by atoms with E-state index in [1.165, 1.54) is 0 Å². The highest BCUT2D eigenvalue weighted by Gasteiger charge is 2.68. The summed E-state index contributed by atoms with van der Waals surface area (Å²) in [4.78, 5) is 12.6. The summed E-state index contributed by atoms with van der Waals surface area (Å²) in [7, 11) is 0. The number of hydrogen-bond donors (Lipinski definition) is 0. The van der Waals surface area contributed by atoms with E-state index in [9.17, 15) is 4.79 Å². The molecule has 4 rings (SSSR count). The van der Waals surface area contributed by atoms with E-state index < -0.39 is 11.9 Å². The Bertz CT molecular complexity index is 635. The third-order valence-electron chi connectivity index (χ3n) is 3.47. The van der Waals surface area contributed by atoms with Gasteiger partial charge in [-0.3, -0.25) is 4.79 Å². The second-order valence-corrected chi connectivity index (χ2v) is 4.49. The van der Waals surface area contributed by atoms with Gasteiger partial charge in [0.25, 0.3) is 0 Å². The van der Waals surface area contributed by atoms with Gasteiger partial charge in [-0.05, 0) is 17.7 Å². The van der Waals surface area contributed by atoms with Crippen molar-refractivity contribution in [2.45, 2.75) is 11.9 Å². The minimum absolute atomic E-state index is 0.0134. The zero-order valence-corrected chi connectivity index (χ0v) is 9.50. The van der Waals surface area contributed by atoms with Gasteiger partial charge in [0.05, 0.1) is 5.56 Å². The molecule has 0 aromatic heterocycles. The predicted molar refractivity (Wildman–Crippen MR) is 64.4 cm³/mol. The number of Topliss-reactive ketones (excluding diaryl/α,β-unsaturated/α-hetero) is 1. The lowest BCUT2D eigenvalue weighted by molar-refractivity contribution is 0.0863. The number of ether oxygens (including phenoxy) is 2. The number of carbonyl (C=O) groups is 1. The molecule has 3 heteroatoms. The van der Waals surface area contributed by atoms with Crippen LogP contribution in [0.25, 0.3) is 0 Å². The molecule has 1 saturated heterocycles. The molecule has 2 heterocycles. The smallest absolute Gasteiger partial charge is 0.242 e. The SMILES string of the molecule is O=C1c2ccccc2O[C@H]2O[C@@]12c1ccccc1. The third kappa shape index (κ3) is 1.09. The zero-order chi connectivity index (χ0) is 12.2. The van der Waals surface area contributed by atoms with E-state index in [1.54, 1.807) is 12.1 Å². The Hall–Kier alpha value is -2.13. The number of benzene rings is 2. The molecule has 2 atom stereocenters. The van der Waals surface area contributed by atoms with Crippen LogP contribution in [0.2, 0.25) is 0 Å². The first-order chi connectivity index (χ1) is 8.82. The highest BCUT2D eigenvalue weighted by molar-refractivity contribution is 6.08. The van der Waals surface area contributed by atoms with Crippen molar-refractivity contribution in [2.24, 2.45) is 0 Å². The monoisotopic (exact) mass is 238 g/mol. The van der Waals surface area contributed by atoms with E-state index in [-0.39, 0.29) is 5.78 Å². The van der Waals surface area contributed by atoms with Crippen molar-refractivity contribution in [3.8, 4) is 5.75 Å². The second kappa shape index (κ2) is 3.21. The lowest BCUT2D eigenvalue weighted by atomic mass is 9.88. The standard InChI is InChI=1S/C15H10O3/c16-13-11-8-4-5-9-12(11)17-14-15(13,18-14)10-6-2-1-3-7-10/h1-9,14H/t14-,15-/m0/s1. The molecule has 88 valence electrons. The lowest BCUT2D eigenvalue weighted by Crippen LogP contribution is -2.31. The third-order valence-corrected chi connectivity index (χ3v) is 3.47. The number of carbonyl (C=O) groups excluding carboxylic acids is 1. The quantitative estimate of drug-likeness (QED) is 0.716. The van der Waals surface area contributed by atoms with Gasteiger partial charge in [-0.15, -0.1) is 0 Å². The molecule has 0 amide bonds. The summed E-state index contributed by atoms with van der Waals surface area (Å²) in [5.74, 6) is 0.595. The van der Waals surface area contributed by atoms with Gasteiger partial charge in [0.1, 0.15) is 5.75 Å². The fraction of sp³-hybridized carbons (Fsp3) is 0.133. The Morgan fingerprint density at radius 2 is 1.67 bits per heavy atom. The minimum Gasteiger partial charge on any atom is -0.460 e. The van der Waals surface area contributed by atoms with Crippen LogP contribution < -0.4 is 4.74 Å². The number of para-hydroxylation sites is 1. The molecular weight excluding hydrogens is 228 g/mol. The van der Waals surface area contributed by atoms with E-state index >= 15 is 0 Å². The van der Waals surface area contributed by atoms with E-state index in [0.717, 1.165) is 5.56 Å². The van der Waals surface area contributed by atoms with E-state index in [1.807, 2.05) is 42.5 Å². The summed E-state index contributed by atoms with van der Waals surface area (Å²) >= 11 is 0. The molecule has 18 heavy (non-hydrogen) atoms. The van der Waals surface area contributed by atoms with Crippen LogP contribution in [0.3, 0.4) is 0 Å². The van der Waals surface area contributed by atoms with Crippen LogP contribution in [0.15, 0.2) is 54.6 Å². The van der Waals surface area contributed by atoms with Crippen molar-refractivity contribution in [2.75, 3.05) is 0 Å². The molecule has 1 fully saturated rings. The first kappa shape index (κ1) is 9.85. The molecule has 0 aliphatic carbocycles. The average Bonchev–Trinajstić information content (AvgIpc) is 3.16. The van der Waals surface area contributed by atoms with Gasteiger partial charge in [-0.1, -0.05) is 42.5 Å². The van der Waals surface area contributed by atoms with Crippen molar-refractivity contribution in [1.29, 1.82) is 0 Å². The first-order valence-corrected chi connectivity index (χ1v) is 5.86. The Morgan fingerprint density at radius 3 is 2.50 bits per heavy atom. The topological polar surface area (TPSA) is 38.8 Å². The lowest BCUT2D eigenvalue weighted by Gasteiger charge is -2.19. The summed E-state index contributed by atoms with van der Waals surface area (Å²) in [5, 5.41) is 0. The van der Waals surface area contributed by atoms with Gasteiger partial charge in [-0.25, -0.2) is 0 Å². The van der Waals surface area contributed by atoms with Crippen molar-refractivity contribution < 1.29 is 14.3 Å². The molecule has 2 aromatic rings. The molecule has 2 aromatic carbocycles. The maximum absolute atomic E-state index is 12.6. The predicted octanol–water partition coefficient (Wildman–Crippen LogP) is 2.51. The van der Waals surface area contributed by atoms with Crippen molar-refractivity contribution in [1.82, 2.24) is 0 Å². The van der Waals surface area contributed by atoms with E-state index in [4.69, 9.17) is 9.47 Å². The molecule has 3 nitrogen and oxygen atoms in total. The molecule has 0 radical (unpaired) electrons. The maximum atomic E-state index is 12.6. The highest BCUT2D eigenvalue weighted by Crippen LogP contribution is 2.53. The zero-order valence-electron chi connectivity index (χ0n) is 9.50. The Kier molecular flexibility index (Phi) is 1.76. The number of hydrogen-bond acceptors (Lipinski definition) is 3. The van der Waals surface area contributed by atoms with E-state index in [0.29, 0.717) is 11.3 Å². The molecule has 2 aliphatic heterocycles. The van der Waals surface area contributed by atoms with Gasteiger partial charge in [0, 0.05) is 0 Å². The van der Waals surface area contributed by atoms with Gasteiger partial charge in [-0.2, -0.15) is 0 Å². The summed E-state index contributed by atoms with van der Waals surface area (Å²) in [6, 6.07) is 16.8. The maximum Gasteiger partial charge on any atom is 0.242 e. The molecular formula is C15H10O3. The molecule has 0 bridgehead atoms. The van der Waals surface area contributed by atoms with Crippen LogP contribution in [0.1, 0.15) is 15.9 Å². The molecule has 0 unspecified atom stereocenters. The summed E-state index contributed by atoms with van der Waals surface area (Å²) in [5.41, 5.74) is 0.528. The van der Waals surface area contributed by atoms with Crippen LogP contribution in [0, 0.1) is 0 Å². The average molecular weight is 238 g/mol. The van der Waals surface area contributed by atoms with Gasteiger partial charge in [0.15, 0.2) is 0 Å². The highest BCUT2D eigenvalue weighted by atomic mass is 16.8.